The van der Waals surface area contributed by atoms with Crippen molar-refractivity contribution in [3.63, 3.8) is 0 Å². The minimum absolute atomic E-state index is 0.00397. The Hall–Kier alpha value is -0.780. The molecule has 0 spiro atoms. The Morgan fingerprint density at radius 3 is 1.93 bits per heavy atom. The van der Waals surface area contributed by atoms with Crippen LogP contribution in [0.1, 0.15) is 145 Å². The average molecular weight is 615 g/mol. The number of nitriles is 1. The van der Waals surface area contributed by atoms with Crippen LogP contribution in [0.3, 0.4) is 0 Å². The summed E-state index contributed by atoms with van der Waals surface area (Å²) in [7, 11) is 0. The molecule has 0 saturated heterocycles. The number of carboxylic acid groups (broad SMARTS) is 1. The smallest absolute Gasteiger partial charge is 0.303 e. The van der Waals surface area contributed by atoms with Gasteiger partial charge in [0.15, 0.2) is 0 Å². The minimum Gasteiger partial charge on any atom is -0.481 e. The van der Waals surface area contributed by atoms with Crippen LogP contribution in [0.15, 0.2) is 0 Å². The fourth-order valence-corrected chi connectivity index (χ4v) is 8.46. The Labute approximate surface area is 260 Å². The van der Waals surface area contributed by atoms with Crippen molar-refractivity contribution in [3.05, 3.63) is 0 Å². The Balaban J connectivity index is 5.22. The van der Waals surface area contributed by atoms with Gasteiger partial charge in [-0.2, -0.15) is 5.26 Å². The molecule has 0 rings (SSSR count). The molecule has 232 valence electrons. The van der Waals surface area contributed by atoms with E-state index in [1.54, 1.807) is 23.5 Å². The monoisotopic (exact) mass is 614 g/mol. The van der Waals surface area contributed by atoms with Crippen LogP contribution in [0.5, 0.6) is 0 Å². The zero-order chi connectivity index (χ0) is 30.8. The van der Waals surface area contributed by atoms with Gasteiger partial charge >= 0.3 is 5.97 Å². The number of amides is 1. The van der Waals surface area contributed by atoms with Crippen LogP contribution in [0.4, 0.5) is 0 Å². The van der Waals surface area contributed by atoms with Gasteiger partial charge in [0.1, 0.15) is 3.53 Å². The van der Waals surface area contributed by atoms with E-state index in [4.69, 9.17) is 12.2 Å². The predicted molar refractivity (Wildman–Crippen MR) is 179 cm³/mol. The zero-order valence-electron chi connectivity index (χ0n) is 26.7. The molecule has 0 aromatic rings. The van der Waals surface area contributed by atoms with Gasteiger partial charge in [0.05, 0.1) is 17.4 Å². The molecule has 0 aromatic carbocycles. The number of carbonyl (C=O) groups excluding carboxylic acids is 1. The summed E-state index contributed by atoms with van der Waals surface area (Å²) >= 11 is 9.08. The molecule has 0 bridgehead atoms. The van der Waals surface area contributed by atoms with Crippen LogP contribution in [-0.2, 0) is 9.59 Å². The zero-order valence-corrected chi connectivity index (χ0v) is 29.1. The molecule has 0 radical (unpaired) electrons. The van der Waals surface area contributed by atoms with Gasteiger partial charge in [-0.3, -0.25) is 9.59 Å². The van der Waals surface area contributed by atoms with Gasteiger partial charge < -0.3 is 10.4 Å². The summed E-state index contributed by atoms with van der Waals surface area (Å²) in [5.74, 6) is -0.337. The SMILES string of the molecule is CCCCCCCCCCCCSC(=S)SC(C)(C)C(CC(C)(CC)C(C)(C#N)CCC(=O)O)C(=O)NC(C)C. The molecule has 5 nitrogen and oxygen atoms in total. The maximum absolute atomic E-state index is 13.6. The summed E-state index contributed by atoms with van der Waals surface area (Å²) < 4.78 is 0.371. The predicted octanol–water partition coefficient (Wildman–Crippen LogP) is 9.78. The molecule has 8 heteroatoms. The van der Waals surface area contributed by atoms with E-state index in [-0.39, 0.29) is 24.8 Å². The van der Waals surface area contributed by atoms with Crippen molar-refractivity contribution < 1.29 is 14.7 Å². The molecule has 3 unspecified atom stereocenters. The van der Waals surface area contributed by atoms with E-state index in [9.17, 15) is 20.0 Å². The fraction of sp³-hybridized carbons (Fsp3) is 0.875. The molecule has 0 fully saturated rings. The molecule has 0 aliphatic carbocycles. The van der Waals surface area contributed by atoms with E-state index in [1.165, 1.54) is 57.8 Å². The first-order chi connectivity index (χ1) is 18.7. The number of hydrogen-bond acceptors (Lipinski definition) is 6. The fourth-order valence-electron chi connectivity index (χ4n) is 5.16. The highest BCUT2D eigenvalue weighted by molar-refractivity contribution is 8.47. The lowest BCUT2D eigenvalue weighted by atomic mass is 9.58. The molecular weight excluding hydrogens is 557 g/mol. The van der Waals surface area contributed by atoms with E-state index in [1.807, 2.05) is 34.6 Å². The van der Waals surface area contributed by atoms with Crippen LogP contribution >= 0.6 is 35.7 Å². The number of thioether (sulfide) groups is 2. The van der Waals surface area contributed by atoms with E-state index in [0.717, 1.165) is 15.7 Å². The van der Waals surface area contributed by atoms with Gasteiger partial charge in [0.25, 0.3) is 0 Å². The molecule has 0 aromatic heterocycles. The number of thiocarbonyl (C=S) groups is 1. The summed E-state index contributed by atoms with van der Waals surface area (Å²) in [6.45, 7) is 16.2. The van der Waals surface area contributed by atoms with Crippen molar-refractivity contribution in [3.8, 4) is 6.07 Å². The molecule has 0 saturated carbocycles. The standard InChI is InChI=1S/C32H58N2O3S3/c1-9-11-12-13-14-15-16-17-18-19-22-39-29(38)40-30(5,6)26(28(37)34-25(3)4)23-31(7,10-2)32(8,24-33)21-20-27(35)36/h25-26H,9-23H2,1-8H3,(H,34,37)(H,35,36). The third kappa shape index (κ3) is 14.9. The molecule has 3 atom stereocenters. The number of carboxylic acids is 1. The highest BCUT2D eigenvalue weighted by Crippen LogP contribution is 2.52. The van der Waals surface area contributed by atoms with Gasteiger partial charge in [-0.15, -0.1) is 23.5 Å². The average Bonchev–Trinajstić information content (AvgIpc) is 2.87. The number of hydrogen-bond donors (Lipinski definition) is 2. The van der Waals surface area contributed by atoms with E-state index < -0.39 is 27.5 Å². The summed E-state index contributed by atoms with van der Waals surface area (Å²) in [5, 5.41) is 22.6. The molecular formula is C32H58N2O3S3. The molecule has 1 amide bonds. The summed E-state index contributed by atoms with van der Waals surface area (Å²) in [6.07, 6.45) is 14.4. The van der Waals surface area contributed by atoms with Gasteiger partial charge in [-0.1, -0.05) is 90.8 Å². The lowest BCUT2D eigenvalue weighted by Gasteiger charge is -2.46. The maximum atomic E-state index is 13.6. The lowest BCUT2D eigenvalue weighted by Crippen LogP contribution is -2.49. The van der Waals surface area contributed by atoms with Crippen LogP contribution < -0.4 is 5.32 Å². The van der Waals surface area contributed by atoms with Gasteiger partial charge in [-0.05, 0) is 71.5 Å². The number of rotatable bonds is 22. The minimum atomic E-state index is -0.908. The van der Waals surface area contributed by atoms with Crippen molar-refractivity contribution in [1.82, 2.24) is 5.32 Å². The van der Waals surface area contributed by atoms with Crippen LogP contribution in [0.25, 0.3) is 0 Å². The second kappa shape index (κ2) is 20.2. The third-order valence-electron chi connectivity index (χ3n) is 8.50. The third-order valence-corrected chi connectivity index (χ3v) is 11.4. The summed E-state index contributed by atoms with van der Waals surface area (Å²) in [4.78, 5) is 24.9. The van der Waals surface area contributed by atoms with Crippen LogP contribution in [0, 0.1) is 28.1 Å². The Kier molecular flexibility index (Phi) is 19.8. The van der Waals surface area contributed by atoms with E-state index >= 15 is 0 Å². The second-order valence-corrected chi connectivity index (χ2v) is 16.6. The summed E-state index contributed by atoms with van der Waals surface area (Å²) in [6, 6.07) is 2.43. The number of nitrogens with zero attached hydrogens (tertiary/aromatic N) is 1. The first-order valence-electron chi connectivity index (χ1n) is 15.5. The molecule has 0 aliphatic rings. The van der Waals surface area contributed by atoms with Crippen LogP contribution in [-0.4, -0.2) is 37.1 Å². The quantitative estimate of drug-likeness (QED) is 0.0926. The van der Waals surface area contributed by atoms with Crippen molar-refractivity contribution in [1.29, 1.82) is 5.26 Å². The first kappa shape index (κ1) is 39.2. The number of nitrogens with one attached hydrogen (secondary N) is 1. The number of unbranched alkanes of at least 4 members (excludes halogenated alkanes) is 9. The summed E-state index contributed by atoms with van der Waals surface area (Å²) in [5.41, 5.74) is -1.42. The van der Waals surface area contributed by atoms with Gasteiger partial charge in [0.2, 0.25) is 5.91 Å². The normalized spacial score (nSPS) is 15.6. The van der Waals surface area contributed by atoms with Crippen molar-refractivity contribution in [2.45, 2.75) is 156 Å². The highest BCUT2D eigenvalue weighted by Gasteiger charge is 2.49. The largest absolute Gasteiger partial charge is 0.481 e. The highest BCUT2D eigenvalue weighted by atomic mass is 32.2. The van der Waals surface area contributed by atoms with Crippen LogP contribution in [0.2, 0.25) is 0 Å². The molecule has 40 heavy (non-hydrogen) atoms. The van der Waals surface area contributed by atoms with E-state index in [0.29, 0.717) is 12.8 Å². The second-order valence-electron chi connectivity index (χ2n) is 12.7. The lowest BCUT2D eigenvalue weighted by molar-refractivity contribution is -0.138. The van der Waals surface area contributed by atoms with Gasteiger partial charge in [0, 0.05) is 17.2 Å². The Morgan fingerprint density at radius 2 is 1.48 bits per heavy atom. The maximum Gasteiger partial charge on any atom is 0.303 e. The molecule has 0 heterocycles. The first-order valence-corrected chi connectivity index (χ1v) is 17.7. The van der Waals surface area contributed by atoms with E-state index in [2.05, 4.69) is 32.2 Å². The Morgan fingerprint density at radius 1 is 0.950 bits per heavy atom. The van der Waals surface area contributed by atoms with Gasteiger partial charge in [-0.25, -0.2) is 0 Å². The molecule has 2 N–H and O–H groups in total. The number of aliphatic carboxylic acids is 1. The molecule has 0 aliphatic heterocycles. The number of carbonyl (C=O) groups is 2. The van der Waals surface area contributed by atoms with Crippen molar-refractivity contribution in [2.24, 2.45) is 16.7 Å². The van der Waals surface area contributed by atoms with Crippen molar-refractivity contribution in [2.75, 3.05) is 5.75 Å². The van der Waals surface area contributed by atoms with Crippen molar-refractivity contribution >= 4 is 51.1 Å². The topological polar surface area (TPSA) is 90.2 Å². The Bertz CT molecular complexity index is 812.